The number of hydrogen-bond acceptors (Lipinski definition) is 5. The number of fused-ring (bicyclic) bond motifs is 1. The van der Waals surface area contributed by atoms with Crippen molar-refractivity contribution in [2.75, 3.05) is 13.2 Å². The zero-order chi connectivity index (χ0) is 8.48. The molecule has 0 aromatic rings. The van der Waals surface area contributed by atoms with Crippen LogP contribution in [0.25, 0.3) is 0 Å². The molecule has 66 valence electrons. The van der Waals surface area contributed by atoms with Crippen molar-refractivity contribution in [2.45, 2.75) is 25.1 Å². The molecule has 5 heteroatoms. The van der Waals surface area contributed by atoms with Crippen molar-refractivity contribution < 1.29 is 24.8 Å². The molecule has 2 saturated heterocycles. The largest absolute Gasteiger partial charge is 0.394 e. The monoisotopic (exact) mass is 164 g/mol. The molecule has 0 spiro atoms. The van der Waals surface area contributed by atoms with Gasteiger partial charge in [0, 0.05) is 0 Å². The molecule has 2 aliphatic heterocycles. The molecule has 11 heavy (non-hydrogen) atoms. The van der Waals surface area contributed by atoms with E-state index in [1.54, 1.807) is 0 Å². The number of hydrogen-bond donors (Lipinski definition) is 3. The van der Waals surface area contributed by atoms with E-state index < -0.39 is 6.10 Å². The van der Waals surface area contributed by atoms with E-state index in [4.69, 9.17) is 24.8 Å². The van der Waals surface area contributed by atoms with E-state index >= 15 is 0 Å². The van der Waals surface area contributed by atoms with Gasteiger partial charge in [0.2, 0.25) is 12.1 Å². The molecule has 3 N–H and O–H groups in total. The summed E-state index contributed by atoms with van der Waals surface area (Å²) in [6.07, 6.45) is -0.757. The molecule has 2 fully saturated rings. The molecule has 0 unspecified atom stereocenters. The van der Waals surface area contributed by atoms with Gasteiger partial charge in [0.25, 0.3) is 0 Å². The highest BCUT2D eigenvalue weighted by Gasteiger charge is 2.73. The van der Waals surface area contributed by atoms with Crippen molar-refractivity contribution in [3.8, 4) is 0 Å². The van der Waals surface area contributed by atoms with Gasteiger partial charge in [-0.3, -0.25) is 0 Å². The van der Waals surface area contributed by atoms with E-state index in [0.29, 0.717) is 0 Å². The Balaban J connectivity index is 0.000000110. The third kappa shape index (κ3) is 2.39. The highest BCUT2D eigenvalue weighted by molar-refractivity contribution is 4.98. The minimum Gasteiger partial charge on any atom is -0.394 e. The lowest BCUT2D eigenvalue weighted by molar-refractivity contribution is -0.0403. The fourth-order valence-corrected chi connectivity index (χ4v) is 0.424. The average molecular weight is 164 g/mol. The summed E-state index contributed by atoms with van der Waals surface area (Å²) in [6.45, 7) is 1.20. The Hall–Kier alpha value is -0.200. The van der Waals surface area contributed by atoms with Gasteiger partial charge in [-0.25, -0.2) is 0 Å². The molecule has 2 aliphatic rings. The van der Waals surface area contributed by atoms with Gasteiger partial charge in [-0.1, -0.05) is 0 Å². The second kappa shape index (κ2) is 3.04. The lowest BCUT2D eigenvalue weighted by atomic mass is 10.4. The fourth-order valence-electron chi connectivity index (χ4n) is 0.424. The summed E-state index contributed by atoms with van der Waals surface area (Å²) in [5, 5.41) is 24.0. The Kier molecular flexibility index (Phi) is 2.46. The van der Waals surface area contributed by atoms with Gasteiger partial charge >= 0.3 is 0 Å². The first kappa shape index (κ1) is 8.89. The van der Waals surface area contributed by atoms with Crippen LogP contribution in [0.1, 0.15) is 6.92 Å². The second-order valence-corrected chi connectivity index (χ2v) is 2.60. The lowest BCUT2D eigenvalue weighted by Crippen LogP contribution is -2.15. The van der Waals surface area contributed by atoms with E-state index in [0.717, 1.165) is 0 Å². The number of rotatable bonds is 2. The molecule has 2 rings (SSSR count). The summed E-state index contributed by atoms with van der Waals surface area (Å²) in [6, 6.07) is 0. The maximum atomic E-state index is 8.17. The van der Waals surface area contributed by atoms with Crippen LogP contribution >= 0.6 is 0 Å². The highest BCUT2D eigenvalue weighted by Crippen LogP contribution is 2.55. The van der Waals surface area contributed by atoms with Gasteiger partial charge in [-0.05, 0) is 6.92 Å². The van der Waals surface area contributed by atoms with Crippen molar-refractivity contribution in [1.82, 2.24) is 0 Å². The summed E-state index contributed by atoms with van der Waals surface area (Å²) >= 11 is 0. The smallest absolute Gasteiger partial charge is 0.223 e. The minimum absolute atomic E-state index is 0.0833. The van der Waals surface area contributed by atoms with Gasteiger partial charge in [0.15, 0.2) is 0 Å². The fraction of sp³-hybridized carbons (Fsp3) is 1.00. The summed E-state index contributed by atoms with van der Waals surface area (Å²) in [4.78, 5) is 0. The molecule has 0 aromatic carbocycles. The molecular formula is C6H12O5. The zero-order valence-corrected chi connectivity index (χ0v) is 6.23. The summed E-state index contributed by atoms with van der Waals surface area (Å²) < 4.78 is 9.54. The molecule has 0 saturated carbocycles. The van der Waals surface area contributed by atoms with Crippen LogP contribution in [0, 0.1) is 0 Å². The number of epoxide rings is 2. The molecular weight excluding hydrogens is 152 g/mol. The Morgan fingerprint density at radius 2 is 1.64 bits per heavy atom. The standard InChI is InChI=1S/C3H8O3.C3H4O2/c4-1-3(6)2-5;1-3-2(4-3)5-3/h3-6H,1-2H2;2H,1H3. The van der Waals surface area contributed by atoms with E-state index in [9.17, 15) is 0 Å². The van der Waals surface area contributed by atoms with Crippen molar-refractivity contribution >= 4 is 0 Å². The first-order valence-corrected chi connectivity index (χ1v) is 3.38. The quantitative estimate of drug-likeness (QED) is 0.429. The predicted molar refractivity (Wildman–Crippen MR) is 34.5 cm³/mol. The van der Waals surface area contributed by atoms with Crippen LogP contribution in [0.2, 0.25) is 0 Å². The van der Waals surface area contributed by atoms with Crippen LogP contribution in [0.15, 0.2) is 0 Å². The van der Waals surface area contributed by atoms with E-state index in [2.05, 4.69) is 0 Å². The molecule has 5 nitrogen and oxygen atoms in total. The molecule has 0 bridgehead atoms. The van der Waals surface area contributed by atoms with Crippen LogP contribution in [0.5, 0.6) is 0 Å². The Bertz CT molecular complexity index is 127. The molecule has 2 heterocycles. The minimum atomic E-state index is -0.954. The van der Waals surface area contributed by atoms with Crippen molar-refractivity contribution in [3.63, 3.8) is 0 Å². The lowest BCUT2D eigenvalue weighted by Gasteiger charge is -1.96. The van der Waals surface area contributed by atoms with Crippen LogP contribution in [0.3, 0.4) is 0 Å². The van der Waals surface area contributed by atoms with Crippen LogP contribution in [-0.4, -0.2) is 46.7 Å². The summed E-state index contributed by atoms with van der Waals surface area (Å²) in [7, 11) is 0. The van der Waals surface area contributed by atoms with Crippen LogP contribution in [0.4, 0.5) is 0 Å². The number of ether oxygens (including phenoxy) is 2. The van der Waals surface area contributed by atoms with Gasteiger partial charge in [-0.2, -0.15) is 0 Å². The zero-order valence-electron chi connectivity index (χ0n) is 6.23. The second-order valence-electron chi connectivity index (χ2n) is 2.60. The molecule has 0 atom stereocenters. The Morgan fingerprint density at radius 3 is 1.64 bits per heavy atom. The van der Waals surface area contributed by atoms with Gasteiger partial charge in [0.1, 0.15) is 6.10 Å². The molecule has 0 radical (unpaired) electrons. The topological polar surface area (TPSA) is 85.8 Å². The SMILES string of the molecule is CC12OC1O2.OCC(O)CO. The highest BCUT2D eigenvalue weighted by atomic mass is 17.0. The number of aliphatic hydroxyl groups excluding tert-OH is 3. The Labute approximate surface area is 64.2 Å². The molecule has 0 aromatic heterocycles. The van der Waals surface area contributed by atoms with E-state index in [1.807, 2.05) is 6.92 Å². The third-order valence-corrected chi connectivity index (χ3v) is 1.42. The maximum Gasteiger partial charge on any atom is 0.223 e. The molecule has 0 amide bonds. The van der Waals surface area contributed by atoms with Gasteiger partial charge in [0.05, 0.1) is 13.2 Å². The average Bonchev–Trinajstić information content (AvgIpc) is 2.76. The summed E-state index contributed by atoms with van der Waals surface area (Å²) in [5.41, 5.74) is 0. The van der Waals surface area contributed by atoms with Crippen molar-refractivity contribution in [3.05, 3.63) is 0 Å². The van der Waals surface area contributed by atoms with Gasteiger partial charge in [-0.15, -0.1) is 0 Å². The van der Waals surface area contributed by atoms with Crippen LogP contribution < -0.4 is 0 Å². The van der Waals surface area contributed by atoms with Crippen LogP contribution in [-0.2, 0) is 9.47 Å². The van der Waals surface area contributed by atoms with E-state index in [1.165, 1.54) is 0 Å². The first-order chi connectivity index (χ1) is 5.12. The number of aliphatic hydroxyl groups is 3. The normalized spacial score (nSPS) is 37.4. The van der Waals surface area contributed by atoms with Gasteiger partial charge < -0.3 is 24.8 Å². The predicted octanol–water partition coefficient (Wildman–Crippen LogP) is -1.58. The summed E-state index contributed by atoms with van der Waals surface area (Å²) in [5.74, 6) is -0.0833. The van der Waals surface area contributed by atoms with Crippen molar-refractivity contribution in [1.29, 1.82) is 0 Å². The maximum absolute atomic E-state index is 8.17. The third-order valence-electron chi connectivity index (χ3n) is 1.42. The van der Waals surface area contributed by atoms with E-state index in [-0.39, 0.29) is 25.3 Å². The Morgan fingerprint density at radius 1 is 1.36 bits per heavy atom. The molecule has 0 aliphatic carbocycles. The van der Waals surface area contributed by atoms with Crippen molar-refractivity contribution in [2.24, 2.45) is 0 Å². The first-order valence-electron chi connectivity index (χ1n) is 3.38.